The van der Waals surface area contributed by atoms with Crippen LogP contribution in [0.2, 0.25) is 0 Å². The fraction of sp³-hybridized carbons (Fsp3) is 0.231. The maximum Gasteiger partial charge on any atom is 0.178 e. The maximum atomic E-state index is 5.41. The zero-order valence-electron chi connectivity index (χ0n) is 10.3. The van der Waals surface area contributed by atoms with Crippen LogP contribution in [0.5, 0.6) is 0 Å². The van der Waals surface area contributed by atoms with Gasteiger partial charge in [0.25, 0.3) is 0 Å². The fourth-order valence-corrected chi connectivity index (χ4v) is 3.63. The van der Waals surface area contributed by atoms with Crippen molar-refractivity contribution in [2.45, 2.75) is 19.9 Å². The fourth-order valence-electron chi connectivity index (χ4n) is 2.01. The number of nitrogens with zero attached hydrogens (tertiary/aromatic N) is 2. The lowest BCUT2D eigenvalue weighted by molar-refractivity contribution is 0.803. The van der Waals surface area contributed by atoms with Gasteiger partial charge in [-0.2, -0.15) is 0 Å². The van der Waals surface area contributed by atoms with E-state index in [1.54, 1.807) is 11.3 Å². The van der Waals surface area contributed by atoms with E-state index >= 15 is 0 Å². The average molecular weight is 401 g/mol. The van der Waals surface area contributed by atoms with Gasteiger partial charge in [-0.25, -0.2) is 4.98 Å². The molecule has 0 aliphatic carbocycles. The molecule has 0 spiro atoms. The first-order valence-electron chi connectivity index (χ1n) is 5.99. The average Bonchev–Trinajstić information content (AvgIpc) is 2.95. The maximum absolute atomic E-state index is 5.41. The molecular weight excluding hydrogens is 389 g/mol. The lowest BCUT2D eigenvalue weighted by atomic mass is 10.3. The molecule has 0 saturated carbocycles. The van der Waals surface area contributed by atoms with Gasteiger partial charge in [0, 0.05) is 14.6 Å². The summed E-state index contributed by atoms with van der Waals surface area (Å²) in [5.74, 6) is 0. The third kappa shape index (κ3) is 2.61. The van der Waals surface area contributed by atoms with Gasteiger partial charge in [-0.1, -0.05) is 6.92 Å². The second kappa shape index (κ2) is 5.34. The molecule has 0 amide bonds. The highest BCUT2D eigenvalue weighted by molar-refractivity contribution is 14.1. The van der Waals surface area contributed by atoms with Crippen LogP contribution in [0.3, 0.4) is 0 Å². The van der Waals surface area contributed by atoms with Crippen LogP contribution in [-0.4, -0.2) is 14.5 Å². The first-order valence-corrected chi connectivity index (χ1v) is 8.29. The van der Waals surface area contributed by atoms with Gasteiger partial charge in [0.15, 0.2) is 4.77 Å². The van der Waals surface area contributed by atoms with Gasteiger partial charge in [0.05, 0.1) is 17.6 Å². The summed E-state index contributed by atoms with van der Waals surface area (Å²) in [5.41, 5.74) is 2.22. The number of aromatic amines is 1. The Bertz CT molecular complexity index is 785. The zero-order chi connectivity index (χ0) is 13.4. The number of halogens is 1. The molecule has 0 bridgehead atoms. The molecule has 0 unspecified atom stereocenters. The van der Waals surface area contributed by atoms with Crippen LogP contribution in [0.4, 0.5) is 0 Å². The molecule has 2 aromatic heterocycles. The van der Waals surface area contributed by atoms with Crippen molar-refractivity contribution in [3.05, 3.63) is 42.6 Å². The molecule has 0 aliphatic heterocycles. The third-order valence-corrected chi connectivity index (χ3v) is 5.10. The summed E-state index contributed by atoms with van der Waals surface area (Å²) in [7, 11) is 0. The Kier molecular flexibility index (Phi) is 3.72. The van der Waals surface area contributed by atoms with Crippen LogP contribution in [0.25, 0.3) is 11.0 Å². The molecule has 0 aliphatic rings. The monoisotopic (exact) mass is 401 g/mol. The van der Waals surface area contributed by atoms with E-state index in [0.29, 0.717) is 0 Å². The van der Waals surface area contributed by atoms with Crippen molar-refractivity contribution >= 4 is 57.2 Å². The number of nitrogens with one attached hydrogen (secondary N) is 1. The van der Waals surface area contributed by atoms with Gasteiger partial charge in [0.2, 0.25) is 0 Å². The molecule has 19 heavy (non-hydrogen) atoms. The number of fused-ring (bicyclic) bond motifs is 1. The highest BCUT2D eigenvalue weighted by atomic mass is 127. The number of imidazole rings is 1. The molecule has 3 aromatic rings. The molecule has 0 saturated heterocycles. The van der Waals surface area contributed by atoms with Gasteiger partial charge < -0.3 is 9.55 Å². The van der Waals surface area contributed by atoms with Gasteiger partial charge in [0.1, 0.15) is 5.01 Å². The zero-order valence-corrected chi connectivity index (χ0v) is 14.1. The molecule has 3 rings (SSSR count). The second-order valence-electron chi connectivity index (χ2n) is 4.25. The number of benzene rings is 1. The minimum atomic E-state index is 0.740. The molecule has 6 heteroatoms. The summed E-state index contributed by atoms with van der Waals surface area (Å²) in [5, 5.41) is 1.10. The predicted octanol–water partition coefficient (Wildman–Crippen LogP) is 4.37. The van der Waals surface area contributed by atoms with E-state index in [2.05, 4.69) is 62.2 Å². The minimum absolute atomic E-state index is 0.740. The van der Waals surface area contributed by atoms with Crippen LogP contribution in [0.1, 0.15) is 16.8 Å². The van der Waals surface area contributed by atoms with Crippen LogP contribution in [0, 0.1) is 8.34 Å². The van der Waals surface area contributed by atoms with E-state index in [4.69, 9.17) is 12.2 Å². The summed E-state index contributed by atoms with van der Waals surface area (Å²) >= 11 is 9.48. The molecule has 1 aromatic carbocycles. The number of thiazole rings is 1. The lowest BCUT2D eigenvalue weighted by Gasteiger charge is -2.01. The molecule has 0 atom stereocenters. The van der Waals surface area contributed by atoms with Crippen LogP contribution in [-0.2, 0) is 13.0 Å². The topological polar surface area (TPSA) is 33.6 Å². The first-order chi connectivity index (χ1) is 9.17. The van der Waals surface area contributed by atoms with Gasteiger partial charge in [-0.05, 0) is 59.4 Å². The van der Waals surface area contributed by atoms with E-state index < -0.39 is 0 Å². The summed E-state index contributed by atoms with van der Waals surface area (Å²) in [6.45, 7) is 2.89. The Labute approximate surface area is 133 Å². The van der Waals surface area contributed by atoms with Crippen LogP contribution in [0.15, 0.2) is 24.4 Å². The number of hydrogen-bond donors (Lipinski definition) is 1. The Morgan fingerprint density at radius 2 is 2.32 bits per heavy atom. The van der Waals surface area contributed by atoms with Crippen molar-refractivity contribution in [1.82, 2.24) is 14.5 Å². The normalized spacial score (nSPS) is 11.3. The van der Waals surface area contributed by atoms with E-state index in [1.807, 2.05) is 6.20 Å². The summed E-state index contributed by atoms with van der Waals surface area (Å²) in [6, 6.07) is 6.32. The number of H-pyrrole nitrogens is 1. The number of rotatable bonds is 3. The highest BCUT2D eigenvalue weighted by Crippen LogP contribution is 2.20. The van der Waals surface area contributed by atoms with Crippen LogP contribution >= 0.6 is 46.1 Å². The molecule has 3 nitrogen and oxygen atoms in total. The summed E-state index contributed by atoms with van der Waals surface area (Å²) < 4.78 is 4.07. The highest BCUT2D eigenvalue weighted by Gasteiger charge is 2.08. The molecular formula is C13H12IN3S2. The molecule has 98 valence electrons. The van der Waals surface area contributed by atoms with E-state index in [0.717, 1.165) is 33.8 Å². The quantitative estimate of drug-likeness (QED) is 0.522. The van der Waals surface area contributed by atoms with Crippen molar-refractivity contribution in [1.29, 1.82) is 0 Å². The Hall–Kier alpha value is -0.730. The van der Waals surface area contributed by atoms with Crippen molar-refractivity contribution in [3.63, 3.8) is 0 Å². The third-order valence-electron chi connectivity index (χ3n) is 2.98. The molecule has 0 fully saturated rings. The molecule has 2 heterocycles. The smallest absolute Gasteiger partial charge is 0.178 e. The van der Waals surface area contributed by atoms with E-state index in [-0.39, 0.29) is 0 Å². The summed E-state index contributed by atoms with van der Waals surface area (Å²) in [4.78, 5) is 9.04. The summed E-state index contributed by atoms with van der Waals surface area (Å²) in [6.07, 6.45) is 3.00. The molecule has 0 radical (unpaired) electrons. The second-order valence-corrected chi connectivity index (χ2v) is 7.08. The van der Waals surface area contributed by atoms with Gasteiger partial charge in [-0.15, -0.1) is 11.3 Å². The Morgan fingerprint density at radius 3 is 3.05 bits per heavy atom. The van der Waals surface area contributed by atoms with Crippen molar-refractivity contribution in [2.24, 2.45) is 0 Å². The SMILES string of the molecule is CCc1cnc(Cn2c(=S)[nH]c3cc(I)ccc32)s1. The Morgan fingerprint density at radius 1 is 1.47 bits per heavy atom. The first kappa shape index (κ1) is 13.3. The van der Waals surface area contributed by atoms with E-state index in [1.165, 1.54) is 8.45 Å². The van der Waals surface area contributed by atoms with Crippen molar-refractivity contribution < 1.29 is 0 Å². The van der Waals surface area contributed by atoms with Crippen LogP contribution < -0.4 is 0 Å². The number of aromatic nitrogens is 3. The standard InChI is InChI=1S/C13H12IN3S2/c1-2-9-6-15-12(19-9)7-17-11-4-3-8(14)5-10(11)16-13(17)18/h3-6H,2,7H2,1H3,(H,16,18). The lowest BCUT2D eigenvalue weighted by Crippen LogP contribution is -1.98. The number of aryl methyl sites for hydroxylation is 1. The van der Waals surface area contributed by atoms with Crippen molar-refractivity contribution in [2.75, 3.05) is 0 Å². The van der Waals surface area contributed by atoms with Gasteiger partial charge in [-0.3, -0.25) is 0 Å². The molecule has 1 N–H and O–H groups in total. The number of hydrogen-bond acceptors (Lipinski definition) is 3. The Balaban J connectivity index is 2.05. The van der Waals surface area contributed by atoms with Crippen molar-refractivity contribution in [3.8, 4) is 0 Å². The minimum Gasteiger partial charge on any atom is -0.331 e. The largest absolute Gasteiger partial charge is 0.331 e. The van der Waals surface area contributed by atoms with E-state index in [9.17, 15) is 0 Å². The predicted molar refractivity (Wildman–Crippen MR) is 90.4 cm³/mol. The van der Waals surface area contributed by atoms with Gasteiger partial charge >= 0.3 is 0 Å².